The lowest BCUT2D eigenvalue weighted by Gasteiger charge is -2.32. The fourth-order valence-corrected chi connectivity index (χ4v) is 6.85. The van der Waals surface area contributed by atoms with Gasteiger partial charge in [-0.05, 0) is 49.3 Å². The summed E-state index contributed by atoms with van der Waals surface area (Å²) < 4.78 is 54.8. The molecule has 1 aromatic heterocycles. The van der Waals surface area contributed by atoms with E-state index in [-0.39, 0.29) is 35.1 Å². The molecule has 2 aliphatic rings. The third-order valence-corrected chi connectivity index (χ3v) is 9.20. The first-order valence-corrected chi connectivity index (χ1v) is 13.1. The molecule has 1 aliphatic carbocycles. The first kappa shape index (κ1) is 24.5. The van der Waals surface area contributed by atoms with Crippen LogP contribution in [0.4, 0.5) is 19.3 Å². The second kappa shape index (κ2) is 9.94. The summed E-state index contributed by atoms with van der Waals surface area (Å²) in [6, 6.07) is 4.64. The summed E-state index contributed by atoms with van der Waals surface area (Å²) in [5.41, 5.74) is 5.64. The molecule has 4 N–H and O–H groups in total. The summed E-state index contributed by atoms with van der Waals surface area (Å²) in [4.78, 5) is 27.3. The molecular formula is C21H25F2N5O4S2. The van der Waals surface area contributed by atoms with E-state index in [1.807, 2.05) is 0 Å². The minimum atomic E-state index is -4.07. The average Bonchev–Trinajstić information content (AvgIpc) is 3.48. The monoisotopic (exact) mass is 513 g/mol. The van der Waals surface area contributed by atoms with E-state index in [9.17, 15) is 26.8 Å². The first-order chi connectivity index (χ1) is 16.2. The zero-order valence-electron chi connectivity index (χ0n) is 18.1. The number of rotatable bonds is 5. The largest absolute Gasteiger partial charge is 0.350 e. The van der Waals surface area contributed by atoms with Gasteiger partial charge in [-0.3, -0.25) is 9.69 Å². The topological polar surface area (TPSA) is 125 Å². The number of hydrogen-bond acceptors (Lipinski definition) is 6. The van der Waals surface area contributed by atoms with Crippen molar-refractivity contribution >= 4 is 39.0 Å². The normalized spacial score (nSPS) is 23.6. The number of amides is 3. The summed E-state index contributed by atoms with van der Waals surface area (Å²) in [5, 5.41) is 6.77. The van der Waals surface area contributed by atoms with Crippen LogP contribution in [0.25, 0.3) is 0 Å². The summed E-state index contributed by atoms with van der Waals surface area (Å²) in [7, 11) is -4.07. The maximum Gasteiger partial charge on any atom is 0.323 e. The van der Waals surface area contributed by atoms with E-state index in [2.05, 4.69) is 10.6 Å². The fourth-order valence-electron chi connectivity index (χ4n) is 4.19. The van der Waals surface area contributed by atoms with Gasteiger partial charge in [-0.25, -0.2) is 22.0 Å². The molecule has 2 heterocycles. The minimum absolute atomic E-state index is 0.0424. The molecule has 0 radical (unpaired) electrons. The molecule has 0 bridgehead atoms. The Labute approximate surface area is 200 Å². The number of carbonyl (C=O) groups is 2. The molecular weight excluding hydrogens is 488 g/mol. The second-order valence-corrected chi connectivity index (χ2v) is 11.4. The second-order valence-electron chi connectivity index (χ2n) is 8.29. The number of benzene rings is 1. The van der Waals surface area contributed by atoms with Gasteiger partial charge in [0.05, 0.1) is 5.69 Å². The Balaban J connectivity index is 1.59. The Morgan fingerprint density at radius 2 is 1.82 bits per heavy atom. The van der Waals surface area contributed by atoms with Crippen LogP contribution in [0, 0.1) is 11.6 Å². The number of thiophene rings is 1. The third kappa shape index (κ3) is 5.06. The maximum absolute atomic E-state index is 14.1. The molecule has 0 spiro atoms. The molecule has 1 unspecified atom stereocenters. The van der Waals surface area contributed by atoms with Gasteiger partial charge in [0.1, 0.15) is 15.8 Å². The molecule has 13 heteroatoms. The number of nitrogens with zero attached hydrogens (tertiary/aromatic N) is 2. The highest BCUT2D eigenvalue weighted by molar-refractivity contribution is 7.91. The van der Waals surface area contributed by atoms with Crippen LogP contribution in [0.5, 0.6) is 0 Å². The number of anilines is 1. The number of sulfonamides is 1. The van der Waals surface area contributed by atoms with Crippen LogP contribution in [-0.4, -0.2) is 60.9 Å². The predicted molar refractivity (Wildman–Crippen MR) is 122 cm³/mol. The van der Waals surface area contributed by atoms with E-state index in [0.717, 1.165) is 45.5 Å². The zero-order valence-corrected chi connectivity index (χ0v) is 19.7. The van der Waals surface area contributed by atoms with Crippen LogP contribution < -0.4 is 16.4 Å². The Morgan fingerprint density at radius 1 is 1.09 bits per heavy atom. The Bertz CT molecular complexity index is 1150. The van der Waals surface area contributed by atoms with E-state index in [0.29, 0.717) is 18.9 Å². The molecule has 9 nitrogen and oxygen atoms in total. The minimum Gasteiger partial charge on any atom is -0.350 e. The lowest BCUT2D eigenvalue weighted by molar-refractivity contribution is -0.128. The van der Waals surface area contributed by atoms with Gasteiger partial charge in [-0.1, -0.05) is 6.07 Å². The predicted octanol–water partition coefficient (Wildman–Crippen LogP) is 2.28. The van der Waals surface area contributed by atoms with E-state index < -0.39 is 39.8 Å². The van der Waals surface area contributed by atoms with Crippen molar-refractivity contribution in [2.45, 2.75) is 48.1 Å². The Kier molecular flexibility index (Phi) is 7.17. The molecule has 34 heavy (non-hydrogen) atoms. The quantitative estimate of drug-likeness (QED) is 0.566. The molecule has 184 valence electrons. The summed E-state index contributed by atoms with van der Waals surface area (Å²) in [5.74, 6) is -2.45. The smallest absolute Gasteiger partial charge is 0.323 e. The van der Waals surface area contributed by atoms with Gasteiger partial charge >= 0.3 is 6.03 Å². The van der Waals surface area contributed by atoms with Gasteiger partial charge in [0, 0.05) is 31.2 Å². The number of nitrogens with two attached hydrogens (primary N) is 1. The first-order valence-electron chi connectivity index (χ1n) is 10.8. The number of hydrogen-bond donors (Lipinski definition) is 3. The molecule has 2 aromatic rings. The number of nitrogens with one attached hydrogen (secondary N) is 2. The van der Waals surface area contributed by atoms with Crippen LogP contribution in [0.15, 0.2) is 39.9 Å². The van der Waals surface area contributed by atoms with Gasteiger partial charge in [0.25, 0.3) is 15.9 Å². The van der Waals surface area contributed by atoms with Gasteiger partial charge in [-0.2, -0.15) is 4.31 Å². The standard InChI is InChI=1S/C21H25F2N5O4S2/c22-13-3-8-17(16(23)12-13)26-21(30)27-9-10-28(34(31,32)18-2-1-11-33-18)20(27)19(29)25-15-6-4-14(24)5-7-15/h1-3,8,11-12,14-15,20H,4-7,9-10,24H2,(H,25,29)(H,26,30). The van der Waals surface area contributed by atoms with E-state index in [1.165, 1.54) is 6.07 Å². The molecule has 4 rings (SSSR count). The average molecular weight is 514 g/mol. The number of urea groups is 1. The van der Waals surface area contributed by atoms with Crippen molar-refractivity contribution in [2.75, 3.05) is 18.4 Å². The fraction of sp³-hybridized carbons (Fsp3) is 0.429. The van der Waals surface area contributed by atoms with Crippen molar-refractivity contribution in [3.63, 3.8) is 0 Å². The highest BCUT2D eigenvalue weighted by atomic mass is 32.2. The van der Waals surface area contributed by atoms with Crippen LogP contribution in [0.1, 0.15) is 25.7 Å². The SMILES string of the molecule is NC1CCC(NC(=O)C2N(C(=O)Nc3ccc(F)cc3F)CCN2S(=O)(=O)c2cccs2)CC1. The van der Waals surface area contributed by atoms with Gasteiger partial charge < -0.3 is 16.4 Å². The van der Waals surface area contributed by atoms with Crippen molar-refractivity contribution in [3.8, 4) is 0 Å². The maximum atomic E-state index is 14.1. The third-order valence-electron chi connectivity index (χ3n) is 5.97. The van der Waals surface area contributed by atoms with Gasteiger partial charge in [-0.15, -0.1) is 11.3 Å². The Hall–Kier alpha value is -2.61. The van der Waals surface area contributed by atoms with E-state index >= 15 is 0 Å². The molecule has 1 saturated carbocycles. The van der Waals surface area contributed by atoms with Crippen LogP contribution in [0.2, 0.25) is 0 Å². The van der Waals surface area contributed by atoms with Crippen molar-refractivity contribution in [3.05, 3.63) is 47.3 Å². The van der Waals surface area contributed by atoms with Gasteiger partial charge in [0.2, 0.25) is 0 Å². The number of carbonyl (C=O) groups excluding carboxylic acids is 2. The summed E-state index contributed by atoms with van der Waals surface area (Å²) >= 11 is 1.00. The molecule has 1 atom stereocenters. The van der Waals surface area contributed by atoms with Crippen molar-refractivity contribution in [2.24, 2.45) is 5.73 Å². The van der Waals surface area contributed by atoms with Crippen LogP contribution in [0.3, 0.4) is 0 Å². The molecule has 1 saturated heterocycles. The van der Waals surface area contributed by atoms with Crippen molar-refractivity contribution in [1.82, 2.24) is 14.5 Å². The van der Waals surface area contributed by atoms with Crippen LogP contribution in [-0.2, 0) is 14.8 Å². The summed E-state index contributed by atoms with van der Waals surface area (Å²) in [6.07, 6.45) is 1.27. The van der Waals surface area contributed by atoms with Gasteiger partial charge in [0.15, 0.2) is 6.17 Å². The molecule has 1 aromatic carbocycles. The number of halogens is 2. The highest BCUT2D eigenvalue weighted by Crippen LogP contribution is 2.29. The van der Waals surface area contributed by atoms with Crippen molar-refractivity contribution in [1.29, 1.82) is 0 Å². The van der Waals surface area contributed by atoms with Crippen LogP contribution >= 0.6 is 11.3 Å². The van der Waals surface area contributed by atoms with Crippen molar-refractivity contribution < 1.29 is 26.8 Å². The summed E-state index contributed by atoms with van der Waals surface area (Å²) in [6.45, 7) is -0.208. The van der Waals surface area contributed by atoms with E-state index in [1.54, 1.807) is 11.4 Å². The molecule has 3 amide bonds. The van der Waals surface area contributed by atoms with E-state index in [4.69, 9.17) is 5.73 Å². The lowest BCUT2D eigenvalue weighted by atomic mass is 9.92. The molecule has 2 fully saturated rings. The lowest BCUT2D eigenvalue weighted by Crippen LogP contribution is -2.56. The molecule has 1 aliphatic heterocycles. The Morgan fingerprint density at radius 3 is 2.47 bits per heavy atom. The highest BCUT2D eigenvalue weighted by Gasteiger charge is 2.47. The zero-order chi connectivity index (χ0) is 24.5.